The zero-order chi connectivity index (χ0) is 11.1. The molecular weight excluding hydrogens is 220 g/mol. The highest BCUT2D eigenvalue weighted by Gasteiger charge is 2.12. The molecule has 2 heteroatoms. The van der Waals surface area contributed by atoms with E-state index in [9.17, 15) is 0 Å². The maximum Gasteiger partial charge on any atom is 0.199 e. The number of hydrogen-bond acceptors (Lipinski definition) is 0. The first-order valence-corrected chi connectivity index (χ1v) is 8.55. The Hall–Kier alpha value is -0.273. The first kappa shape index (κ1) is 12.8. The second-order valence-corrected chi connectivity index (χ2v) is 7.25. The van der Waals surface area contributed by atoms with Crippen molar-refractivity contribution in [2.45, 2.75) is 45.6 Å². The molecule has 0 fully saturated rings. The monoisotopic (exact) mass is 239 g/mol. The number of rotatable bonds is 6. The molecule has 0 bridgehead atoms. The molecule has 1 rings (SSSR count). The van der Waals surface area contributed by atoms with Crippen LogP contribution in [0.15, 0.2) is 24.3 Å². The molecule has 0 spiro atoms. The maximum atomic E-state index is 6.49. The van der Waals surface area contributed by atoms with Crippen LogP contribution < -0.4 is 5.19 Å². The number of halogens is 1. The van der Waals surface area contributed by atoms with E-state index >= 15 is 0 Å². The Morgan fingerprint density at radius 2 is 1.87 bits per heavy atom. The zero-order valence-electron chi connectivity index (χ0n) is 9.72. The molecule has 0 aliphatic carbocycles. The van der Waals surface area contributed by atoms with Gasteiger partial charge < -0.3 is 0 Å². The van der Waals surface area contributed by atoms with Gasteiger partial charge in [0.1, 0.15) is 0 Å². The molecule has 0 aliphatic rings. The summed E-state index contributed by atoms with van der Waals surface area (Å²) in [6.45, 7) is 4.41. The fourth-order valence-electron chi connectivity index (χ4n) is 1.72. The Bertz CT molecular complexity index is 286. The minimum absolute atomic E-state index is 0.806. The van der Waals surface area contributed by atoms with E-state index in [4.69, 9.17) is 11.1 Å². The van der Waals surface area contributed by atoms with Gasteiger partial charge in [-0.25, -0.2) is 0 Å². The van der Waals surface area contributed by atoms with Crippen LogP contribution in [0.25, 0.3) is 0 Å². The lowest BCUT2D eigenvalue weighted by atomic mass is 10.2. The minimum atomic E-state index is -0.806. The number of benzene rings is 1. The van der Waals surface area contributed by atoms with Gasteiger partial charge in [-0.2, -0.15) is 11.1 Å². The number of aryl methyl sites for hydroxylation is 1. The van der Waals surface area contributed by atoms with Gasteiger partial charge in [-0.15, -0.1) is 0 Å². The lowest BCUT2D eigenvalue weighted by Gasteiger charge is -2.09. The second kappa shape index (κ2) is 7.08. The van der Waals surface area contributed by atoms with E-state index in [1.165, 1.54) is 42.5 Å². The number of unbranched alkanes of at least 4 members (excludes halogenated alkanes) is 3. The van der Waals surface area contributed by atoms with Crippen molar-refractivity contribution in [1.29, 1.82) is 0 Å². The Labute approximate surface area is 100.0 Å². The van der Waals surface area contributed by atoms with Crippen molar-refractivity contribution in [3.63, 3.8) is 0 Å². The van der Waals surface area contributed by atoms with Crippen molar-refractivity contribution in [1.82, 2.24) is 0 Å². The first-order valence-electron chi connectivity index (χ1n) is 5.83. The molecule has 0 aromatic heterocycles. The molecule has 0 saturated carbocycles. The van der Waals surface area contributed by atoms with Crippen LogP contribution in [0.3, 0.4) is 0 Å². The van der Waals surface area contributed by atoms with E-state index in [2.05, 4.69) is 38.1 Å². The summed E-state index contributed by atoms with van der Waals surface area (Å²) in [5.41, 5.74) is 1.36. The van der Waals surface area contributed by atoms with Gasteiger partial charge in [-0.3, -0.25) is 0 Å². The fourth-order valence-corrected chi connectivity index (χ4v) is 4.37. The zero-order valence-corrected chi connectivity index (χ0v) is 11.5. The van der Waals surface area contributed by atoms with Crippen molar-refractivity contribution in [2.24, 2.45) is 0 Å². The highest BCUT2D eigenvalue weighted by Crippen LogP contribution is 2.10. The van der Waals surface area contributed by atoms with E-state index in [0.29, 0.717) is 0 Å². The second-order valence-electron chi connectivity index (χ2n) is 4.03. The van der Waals surface area contributed by atoms with Crippen LogP contribution in [-0.4, -0.2) is 8.11 Å². The van der Waals surface area contributed by atoms with Gasteiger partial charge in [0.05, 0.1) is 0 Å². The highest BCUT2D eigenvalue weighted by atomic mass is 35.6. The molecule has 15 heavy (non-hydrogen) atoms. The maximum absolute atomic E-state index is 6.49. The van der Waals surface area contributed by atoms with Gasteiger partial charge in [0, 0.05) is 0 Å². The topological polar surface area (TPSA) is 0 Å². The van der Waals surface area contributed by atoms with Crippen molar-refractivity contribution in [2.75, 3.05) is 0 Å². The molecule has 1 aromatic carbocycles. The van der Waals surface area contributed by atoms with Crippen LogP contribution in [0.5, 0.6) is 0 Å². The van der Waals surface area contributed by atoms with Crippen molar-refractivity contribution >= 4 is 24.4 Å². The van der Waals surface area contributed by atoms with Gasteiger partial charge >= 0.3 is 0 Å². The molecule has 0 saturated heterocycles. The summed E-state index contributed by atoms with van der Waals surface area (Å²) in [5.74, 6) is 0. The Balaban J connectivity index is 2.40. The summed E-state index contributed by atoms with van der Waals surface area (Å²) in [6.07, 6.45) is 5.28. The van der Waals surface area contributed by atoms with Gasteiger partial charge in [-0.1, -0.05) is 62.4 Å². The van der Waals surface area contributed by atoms with E-state index in [1.807, 2.05) is 0 Å². The molecule has 0 nitrogen and oxygen atoms in total. The van der Waals surface area contributed by atoms with Gasteiger partial charge in [0.25, 0.3) is 0 Å². The summed E-state index contributed by atoms with van der Waals surface area (Å²) in [4.78, 5) is 0. The Morgan fingerprint density at radius 1 is 1.13 bits per heavy atom. The van der Waals surface area contributed by atoms with Gasteiger partial charge in [0.15, 0.2) is 8.11 Å². The van der Waals surface area contributed by atoms with Crippen molar-refractivity contribution in [3.8, 4) is 0 Å². The average molecular weight is 240 g/mol. The van der Waals surface area contributed by atoms with Gasteiger partial charge in [0.2, 0.25) is 0 Å². The third-order valence-corrected chi connectivity index (χ3v) is 5.80. The van der Waals surface area contributed by atoms with Crippen LogP contribution in [0.4, 0.5) is 0 Å². The van der Waals surface area contributed by atoms with Crippen LogP contribution in [0.1, 0.15) is 38.2 Å². The smallest absolute Gasteiger partial charge is 0.163 e. The minimum Gasteiger partial charge on any atom is -0.163 e. The van der Waals surface area contributed by atoms with E-state index in [-0.39, 0.29) is 0 Å². The standard InChI is InChI=1S/C13H20ClSi/c1-3-4-5-8-11-15(14)13-10-7-6-9-12(13)2/h6-7,9-10H,3-5,8,11H2,1-2H3. The lowest BCUT2D eigenvalue weighted by Crippen LogP contribution is -2.26. The van der Waals surface area contributed by atoms with E-state index in [0.717, 1.165) is 0 Å². The summed E-state index contributed by atoms with van der Waals surface area (Å²) in [5, 5.41) is 1.40. The normalized spacial score (nSPS) is 10.9. The van der Waals surface area contributed by atoms with Gasteiger partial charge in [-0.05, 0) is 18.2 Å². The third kappa shape index (κ3) is 4.39. The fraction of sp³-hybridized carbons (Fsp3) is 0.538. The van der Waals surface area contributed by atoms with Crippen LogP contribution in [0.2, 0.25) is 6.04 Å². The molecular formula is C13H20ClSi. The van der Waals surface area contributed by atoms with Crippen LogP contribution in [0, 0.1) is 6.92 Å². The first-order chi connectivity index (χ1) is 7.25. The van der Waals surface area contributed by atoms with Crippen LogP contribution in [-0.2, 0) is 0 Å². The molecule has 0 N–H and O–H groups in total. The molecule has 0 heterocycles. The van der Waals surface area contributed by atoms with Crippen molar-refractivity contribution in [3.05, 3.63) is 29.8 Å². The summed E-state index contributed by atoms with van der Waals surface area (Å²) in [7, 11) is -0.806. The van der Waals surface area contributed by atoms with E-state index < -0.39 is 8.11 Å². The summed E-state index contributed by atoms with van der Waals surface area (Å²) < 4.78 is 0. The van der Waals surface area contributed by atoms with Crippen molar-refractivity contribution < 1.29 is 0 Å². The summed E-state index contributed by atoms with van der Waals surface area (Å²) >= 11 is 6.49. The molecule has 0 unspecified atom stereocenters. The Morgan fingerprint density at radius 3 is 2.53 bits per heavy atom. The third-order valence-electron chi connectivity index (χ3n) is 2.69. The highest BCUT2D eigenvalue weighted by molar-refractivity contribution is 7.14. The predicted molar refractivity (Wildman–Crippen MR) is 71.4 cm³/mol. The Kier molecular flexibility index (Phi) is 6.04. The molecule has 83 valence electrons. The quantitative estimate of drug-likeness (QED) is 0.400. The predicted octanol–water partition coefficient (Wildman–Crippen LogP) is 4.01. The number of hydrogen-bond donors (Lipinski definition) is 0. The molecule has 1 radical (unpaired) electrons. The summed E-state index contributed by atoms with van der Waals surface area (Å²) in [6, 6.07) is 9.74. The molecule has 0 atom stereocenters. The van der Waals surface area contributed by atoms with Crippen LogP contribution >= 0.6 is 11.1 Å². The molecule has 1 aromatic rings. The largest absolute Gasteiger partial charge is 0.199 e. The molecule has 0 amide bonds. The lowest BCUT2D eigenvalue weighted by molar-refractivity contribution is 0.700. The average Bonchev–Trinajstić information content (AvgIpc) is 2.25. The molecule has 0 aliphatic heterocycles. The SMILES string of the molecule is CCCCCC[Si](Cl)c1ccccc1C. The van der Waals surface area contributed by atoms with E-state index in [1.54, 1.807) is 0 Å².